The number of hydrogen-bond donors (Lipinski definition) is 1. The maximum Gasteiger partial charge on any atom is 0.268 e. The van der Waals surface area contributed by atoms with Gasteiger partial charge in [0, 0.05) is 22.0 Å². The summed E-state index contributed by atoms with van der Waals surface area (Å²) < 4.78 is 6.57. The summed E-state index contributed by atoms with van der Waals surface area (Å²) in [7, 11) is 0. The average molecular weight is 482 g/mol. The van der Waals surface area contributed by atoms with Crippen LogP contribution in [0.4, 0.5) is 5.13 Å². The minimum Gasteiger partial charge on any atom is -0.494 e. The number of halogens is 1. The van der Waals surface area contributed by atoms with Crippen molar-refractivity contribution in [3.05, 3.63) is 80.8 Å². The fourth-order valence-electron chi connectivity index (χ4n) is 2.61. The Kier molecular flexibility index (Phi) is 7.77. The third kappa shape index (κ3) is 6.28. The van der Waals surface area contributed by atoms with E-state index in [1.165, 1.54) is 11.3 Å². The molecule has 0 saturated heterocycles. The van der Waals surface area contributed by atoms with Gasteiger partial charge in [0.15, 0.2) is 5.13 Å². The predicted molar refractivity (Wildman–Crippen MR) is 124 cm³/mol. The molecule has 0 aliphatic rings. The molecule has 0 fully saturated rings. The van der Waals surface area contributed by atoms with Crippen molar-refractivity contribution in [3.63, 3.8) is 0 Å². The van der Waals surface area contributed by atoms with Crippen LogP contribution in [0.3, 0.4) is 0 Å². The molecule has 3 aromatic rings. The van der Waals surface area contributed by atoms with Gasteiger partial charge in [0.2, 0.25) is 0 Å². The molecule has 0 radical (unpaired) electrons. The fraction of sp³-hybridized carbons (Fsp3) is 0.174. The first-order chi connectivity index (χ1) is 14.6. The molecule has 0 unspecified atom stereocenters. The van der Waals surface area contributed by atoms with Crippen LogP contribution >= 0.6 is 27.3 Å². The van der Waals surface area contributed by atoms with Gasteiger partial charge < -0.3 is 4.74 Å². The van der Waals surface area contributed by atoms with E-state index in [0.717, 1.165) is 39.1 Å². The number of nitrogens with zero attached hydrogens (tertiary/aromatic N) is 2. The first-order valence-corrected chi connectivity index (χ1v) is 11.0. The van der Waals surface area contributed by atoms with E-state index in [2.05, 4.69) is 26.2 Å². The number of carbonyl (C=O) groups excluding carboxylic acids is 1. The van der Waals surface area contributed by atoms with Crippen molar-refractivity contribution in [3.8, 4) is 11.8 Å². The van der Waals surface area contributed by atoms with E-state index in [1.807, 2.05) is 61.5 Å². The second-order valence-electron chi connectivity index (χ2n) is 6.48. The van der Waals surface area contributed by atoms with E-state index in [9.17, 15) is 10.1 Å². The molecule has 0 aliphatic carbocycles. The first kappa shape index (κ1) is 21.8. The quantitative estimate of drug-likeness (QED) is 0.324. The Balaban J connectivity index is 1.63. The van der Waals surface area contributed by atoms with Gasteiger partial charge in [-0.05, 0) is 47.9 Å². The SMILES string of the molecule is CCCOc1ccc(/C=C(\C#N)C(=O)Nc2ncc(Cc3ccc(Br)cc3)s2)cc1. The number of rotatable bonds is 8. The van der Waals surface area contributed by atoms with Gasteiger partial charge in [0.1, 0.15) is 17.4 Å². The number of hydrogen-bond acceptors (Lipinski definition) is 5. The first-order valence-electron chi connectivity index (χ1n) is 9.42. The summed E-state index contributed by atoms with van der Waals surface area (Å²) in [5, 5.41) is 12.6. The van der Waals surface area contributed by atoms with Crippen molar-refractivity contribution in [2.24, 2.45) is 0 Å². The van der Waals surface area contributed by atoms with Gasteiger partial charge in [-0.1, -0.05) is 47.1 Å². The van der Waals surface area contributed by atoms with Gasteiger partial charge in [-0.25, -0.2) is 4.98 Å². The van der Waals surface area contributed by atoms with Crippen LogP contribution in [0.25, 0.3) is 6.08 Å². The second-order valence-corrected chi connectivity index (χ2v) is 8.51. The van der Waals surface area contributed by atoms with Crippen molar-refractivity contribution in [2.45, 2.75) is 19.8 Å². The molecule has 152 valence electrons. The Hall–Kier alpha value is -2.95. The number of amides is 1. The number of anilines is 1. The summed E-state index contributed by atoms with van der Waals surface area (Å²) in [6.07, 6.45) is 4.96. The van der Waals surface area contributed by atoms with E-state index in [1.54, 1.807) is 12.3 Å². The smallest absolute Gasteiger partial charge is 0.268 e. The van der Waals surface area contributed by atoms with Gasteiger partial charge in [-0.3, -0.25) is 10.1 Å². The highest BCUT2D eigenvalue weighted by Gasteiger charge is 2.12. The van der Waals surface area contributed by atoms with Crippen LogP contribution in [0.15, 0.2) is 64.8 Å². The minimum absolute atomic E-state index is 0.0156. The molecule has 0 spiro atoms. The Morgan fingerprint density at radius 1 is 1.23 bits per heavy atom. The Bertz CT molecular complexity index is 1070. The summed E-state index contributed by atoms with van der Waals surface area (Å²) in [6.45, 7) is 2.69. The Labute approximate surface area is 188 Å². The molecule has 1 amide bonds. The highest BCUT2D eigenvalue weighted by atomic mass is 79.9. The largest absolute Gasteiger partial charge is 0.494 e. The molecule has 2 aromatic carbocycles. The monoisotopic (exact) mass is 481 g/mol. The lowest BCUT2D eigenvalue weighted by Crippen LogP contribution is -2.13. The lowest BCUT2D eigenvalue weighted by Gasteiger charge is -2.04. The molecule has 0 atom stereocenters. The number of carbonyl (C=O) groups is 1. The van der Waals surface area contributed by atoms with Crippen molar-refractivity contribution in [1.29, 1.82) is 5.26 Å². The maximum atomic E-state index is 12.5. The van der Waals surface area contributed by atoms with Crippen LogP contribution in [0, 0.1) is 11.3 Å². The zero-order valence-corrected chi connectivity index (χ0v) is 18.8. The van der Waals surface area contributed by atoms with Crippen LogP contribution in [-0.2, 0) is 11.2 Å². The van der Waals surface area contributed by atoms with Crippen molar-refractivity contribution >= 4 is 44.4 Å². The number of thiazole rings is 1. The molecule has 1 aromatic heterocycles. The standard InChI is InChI=1S/C23H20BrN3O2S/c1-2-11-29-20-9-5-16(6-10-20)12-18(14-25)22(28)27-23-26-15-21(30-23)13-17-3-7-19(24)8-4-17/h3-10,12,15H,2,11,13H2,1H3,(H,26,27,28)/b18-12+. The second kappa shape index (κ2) is 10.7. The predicted octanol–water partition coefficient (Wildman–Crippen LogP) is 5.83. The summed E-state index contributed by atoms with van der Waals surface area (Å²) in [5.41, 5.74) is 1.92. The third-order valence-corrected chi connectivity index (χ3v) is 5.54. The number of aromatic nitrogens is 1. The van der Waals surface area contributed by atoms with Gasteiger partial charge in [-0.15, -0.1) is 11.3 Å². The Morgan fingerprint density at radius 3 is 2.63 bits per heavy atom. The lowest BCUT2D eigenvalue weighted by molar-refractivity contribution is -0.112. The summed E-state index contributed by atoms with van der Waals surface area (Å²) >= 11 is 4.82. The summed E-state index contributed by atoms with van der Waals surface area (Å²) in [6, 6.07) is 17.3. The zero-order chi connectivity index (χ0) is 21.3. The van der Waals surface area contributed by atoms with E-state index >= 15 is 0 Å². The molecule has 3 rings (SSSR count). The molecule has 5 nitrogen and oxygen atoms in total. The molecule has 1 heterocycles. The summed E-state index contributed by atoms with van der Waals surface area (Å²) in [5.74, 6) is 0.284. The van der Waals surface area contributed by atoms with Gasteiger partial charge in [-0.2, -0.15) is 5.26 Å². The minimum atomic E-state index is -0.478. The highest BCUT2D eigenvalue weighted by molar-refractivity contribution is 9.10. The van der Waals surface area contributed by atoms with Crippen molar-refractivity contribution in [1.82, 2.24) is 4.98 Å². The van der Waals surface area contributed by atoms with Crippen LogP contribution in [0.5, 0.6) is 5.75 Å². The van der Waals surface area contributed by atoms with E-state index in [4.69, 9.17) is 4.74 Å². The number of nitriles is 1. The van der Waals surface area contributed by atoms with E-state index in [-0.39, 0.29) is 5.57 Å². The van der Waals surface area contributed by atoms with Crippen molar-refractivity contribution in [2.75, 3.05) is 11.9 Å². The highest BCUT2D eigenvalue weighted by Crippen LogP contribution is 2.23. The van der Waals surface area contributed by atoms with Crippen LogP contribution in [-0.4, -0.2) is 17.5 Å². The molecule has 7 heteroatoms. The average Bonchev–Trinajstić information content (AvgIpc) is 3.19. The topological polar surface area (TPSA) is 75.0 Å². The number of benzene rings is 2. The molecule has 1 N–H and O–H groups in total. The number of nitrogens with one attached hydrogen (secondary N) is 1. The summed E-state index contributed by atoms with van der Waals surface area (Å²) in [4.78, 5) is 17.8. The molecule has 0 bridgehead atoms. The van der Waals surface area contributed by atoms with E-state index in [0.29, 0.717) is 11.7 Å². The molecular weight excluding hydrogens is 462 g/mol. The number of ether oxygens (including phenoxy) is 1. The lowest BCUT2D eigenvalue weighted by atomic mass is 10.1. The van der Waals surface area contributed by atoms with Gasteiger partial charge in [0.25, 0.3) is 5.91 Å². The zero-order valence-electron chi connectivity index (χ0n) is 16.4. The van der Waals surface area contributed by atoms with Crippen LogP contribution in [0.1, 0.15) is 29.3 Å². The van der Waals surface area contributed by atoms with Crippen LogP contribution < -0.4 is 10.1 Å². The molecule has 0 saturated carbocycles. The van der Waals surface area contributed by atoms with E-state index < -0.39 is 5.91 Å². The fourth-order valence-corrected chi connectivity index (χ4v) is 3.72. The molecular formula is C23H20BrN3O2S. The normalized spacial score (nSPS) is 11.0. The van der Waals surface area contributed by atoms with Crippen LogP contribution in [0.2, 0.25) is 0 Å². The molecule has 0 aliphatic heterocycles. The Morgan fingerprint density at radius 2 is 1.97 bits per heavy atom. The van der Waals surface area contributed by atoms with Gasteiger partial charge >= 0.3 is 0 Å². The molecule has 30 heavy (non-hydrogen) atoms. The van der Waals surface area contributed by atoms with Crippen molar-refractivity contribution < 1.29 is 9.53 Å². The van der Waals surface area contributed by atoms with Gasteiger partial charge in [0.05, 0.1) is 6.61 Å². The third-order valence-electron chi connectivity index (χ3n) is 4.09. The maximum absolute atomic E-state index is 12.5.